The molecule has 8 heteroatoms. The molecule has 2 aliphatic rings. The summed E-state index contributed by atoms with van der Waals surface area (Å²) in [5, 5.41) is 3.24. The quantitative estimate of drug-likeness (QED) is 0.887. The molecule has 136 valence electrons. The number of benzene rings is 1. The molecule has 0 aromatic heterocycles. The molecule has 1 N–H and O–H groups in total. The van der Waals surface area contributed by atoms with E-state index in [1.165, 1.54) is 0 Å². The lowest BCUT2D eigenvalue weighted by molar-refractivity contribution is -0.138. The first kappa shape index (κ1) is 19.1. The zero-order chi connectivity index (χ0) is 16.3. The number of halogens is 4. The van der Waals surface area contributed by atoms with Crippen molar-refractivity contribution in [2.75, 3.05) is 39.4 Å². The fourth-order valence-electron chi connectivity index (χ4n) is 3.19. The van der Waals surface area contributed by atoms with Crippen molar-refractivity contribution in [2.45, 2.75) is 25.1 Å². The van der Waals surface area contributed by atoms with Crippen molar-refractivity contribution < 1.29 is 22.6 Å². The van der Waals surface area contributed by atoms with E-state index < -0.39 is 12.6 Å². The largest absolute Gasteiger partial charge is 0.486 e. The fraction of sp³-hybridized carbons (Fsp3) is 0.625. The van der Waals surface area contributed by atoms with E-state index in [1.54, 1.807) is 6.07 Å². The summed E-state index contributed by atoms with van der Waals surface area (Å²) in [6, 6.07) is 5.18. The topological polar surface area (TPSA) is 33.7 Å². The van der Waals surface area contributed by atoms with Crippen molar-refractivity contribution in [2.24, 2.45) is 0 Å². The minimum absolute atomic E-state index is 0. The Kier molecular flexibility index (Phi) is 6.60. The third kappa shape index (κ3) is 4.68. The van der Waals surface area contributed by atoms with Crippen LogP contribution in [0.4, 0.5) is 13.2 Å². The highest BCUT2D eigenvalue weighted by Gasteiger charge is 2.33. The van der Waals surface area contributed by atoms with Gasteiger partial charge in [0.25, 0.3) is 0 Å². The van der Waals surface area contributed by atoms with E-state index in [1.807, 2.05) is 12.1 Å². The van der Waals surface area contributed by atoms with E-state index >= 15 is 0 Å². The highest BCUT2D eigenvalue weighted by molar-refractivity contribution is 5.85. The third-order valence-electron chi connectivity index (χ3n) is 4.25. The van der Waals surface area contributed by atoms with Gasteiger partial charge in [-0.1, -0.05) is 12.1 Å². The average Bonchev–Trinajstić information content (AvgIpc) is 2.55. The van der Waals surface area contributed by atoms with E-state index in [2.05, 4.69) is 10.2 Å². The maximum absolute atomic E-state index is 12.8. The van der Waals surface area contributed by atoms with Gasteiger partial charge in [0.2, 0.25) is 0 Å². The molecule has 1 fully saturated rings. The zero-order valence-electron chi connectivity index (χ0n) is 13.3. The minimum Gasteiger partial charge on any atom is -0.486 e. The average molecular weight is 367 g/mol. The fourth-order valence-corrected chi connectivity index (χ4v) is 3.19. The first-order valence-electron chi connectivity index (χ1n) is 7.94. The van der Waals surface area contributed by atoms with E-state index in [4.69, 9.17) is 9.47 Å². The Labute approximate surface area is 145 Å². The van der Waals surface area contributed by atoms with Gasteiger partial charge in [-0.3, -0.25) is 4.90 Å². The molecule has 4 nitrogen and oxygen atoms in total. The highest BCUT2D eigenvalue weighted by Crippen LogP contribution is 2.41. The van der Waals surface area contributed by atoms with Crippen molar-refractivity contribution in [3.05, 3.63) is 23.8 Å². The first-order valence-corrected chi connectivity index (χ1v) is 7.94. The second-order valence-electron chi connectivity index (χ2n) is 5.83. The van der Waals surface area contributed by atoms with Crippen molar-refractivity contribution in [1.29, 1.82) is 0 Å². The van der Waals surface area contributed by atoms with Crippen LogP contribution in [0.25, 0.3) is 0 Å². The number of hydrogen-bond acceptors (Lipinski definition) is 4. The molecule has 0 bridgehead atoms. The number of alkyl halides is 3. The summed E-state index contributed by atoms with van der Waals surface area (Å²) < 4.78 is 49.5. The lowest BCUT2D eigenvalue weighted by Gasteiger charge is -2.36. The van der Waals surface area contributed by atoms with Crippen LogP contribution in [-0.4, -0.2) is 50.5 Å². The molecule has 24 heavy (non-hydrogen) atoms. The van der Waals surface area contributed by atoms with Gasteiger partial charge in [-0.15, -0.1) is 12.4 Å². The van der Waals surface area contributed by atoms with Gasteiger partial charge < -0.3 is 14.8 Å². The molecule has 2 heterocycles. The van der Waals surface area contributed by atoms with Crippen molar-refractivity contribution in [3.63, 3.8) is 0 Å². The minimum atomic E-state index is -4.15. The third-order valence-corrected chi connectivity index (χ3v) is 4.25. The Balaban J connectivity index is 0.00000208. The van der Waals surface area contributed by atoms with Gasteiger partial charge in [0.1, 0.15) is 13.2 Å². The van der Waals surface area contributed by atoms with Crippen LogP contribution in [0.2, 0.25) is 0 Å². The standard InChI is InChI=1S/C16H21F3N2O2.ClH/c17-16(18,19)5-4-13(21-8-6-20-7-9-21)12-2-1-3-14-15(12)23-11-10-22-14;/h1-3,13,20H,4-11H2;1H/t13-;/m0./s1. The summed E-state index contributed by atoms with van der Waals surface area (Å²) in [5.41, 5.74) is 0.799. The summed E-state index contributed by atoms with van der Waals surface area (Å²) in [6.45, 7) is 3.93. The smallest absolute Gasteiger partial charge is 0.389 e. The van der Waals surface area contributed by atoms with Crippen LogP contribution in [0, 0.1) is 0 Å². The molecule has 0 radical (unpaired) electrons. The van der Waals surface area contributed by atoms with Crippen molar-refractivity contribution in [3.8, 4) is 11.5 Å². The SMILES string of the molecule is Cl.FC(F)(F)CC[C@@H](c1cccc2c1OCCO2)N1CCNCC1. The van der Waals surface area contributed by atoms with Crippen LogP contribution in [-0.2, 0) is 0 Å². The second-order valence-corrected chi connectivity index (χ2v) is 5.83. The van der Waals surface area contributed by atoms with Gasteiger partial charge in [-0.2, -0.15) is 13.2 Å². The summed E-state index contributed by atoms with van der Waals surface area (Å²) in [5.74, 6) is 1.23. The van der Waals surface area contributed by atoms with Crippen LogP contribution in [0.3, 0.4) is 0 Å². The number of rotatable bonds is 4. The molecule has 0 spiro atoms. The Hall–Kier alpha value is -1.18. The molecule has 0 amide bonds. The molecule has 0 unspecified atom stereocenters. The Bertz CT molecular complexity index is 537. The molecule has 1 aromatic rings. The molecule has 2 aliphatic heterocycles. The zero-order valence-corrected chi connectivity index (χ0v) is 14.1. The maximum atomic E-state index is 12.8. The van der Waals surface area contributed by atoms with E-state index in [0.717, 1.165) is 31.7 Å². The number of para-hydroxylation sites is 1. The molecule has 0 saturated carbocycles. The Morgan fingerprint density at radius 2 is 1.83 bits per heavy atom. The Morgan fingerprint density at radius 1 is 1.12 bits per heavy atom. The van der Waals surface area contributed by atoms with Crippen molar-refractivity contribution in [1.82, 2.24) is 10.2 Å². The molecule has 1 aromatic carbocycles. The number of piperazine rings is 1. The molecule has 1 atom stereocenters. The first-order chi connectivity index (χ1) is 11.0. The predicted molar refractivity (Wildman–Crippen MR) is 87.2 cm³/mol. The number of fused-ring (bicyclic) bond motifs is 1. The van der Waals surface area contributed by atoms with E-state index in [9.17, 15) is 13.2 Å². The molecule has 1 saturated heterocycles. The summed E-state index contributed by atoms with van der Waals surface area (Å²) in [7, 11) is 0. The van der Waals surface area contributed by atoms with Gasteiger partial charge in [0.05, 0.1) is 0 Å². The van der Waals surface area contributed by atoms with E-state index in [0.29, 0.717) is 24.7 Å². The van der Waals surface area contributed by atoms with Crippen molar-refractivity contribution >= 4 is 12.4 Å². The normalized spacial score (nSPS) is 19.5. The lowest BCUT2D eigenvalue weighted by atomic mass is 9.97. The molecule has 3 rings (SSSR count). The van der Waals surface area contributed by atoms with Crippen LogP contribution in [0.15, 0.2) is 18.2 Å². The summed E-state index contributed by atoms with van der Waals surface area (Å²) in [6.07, 6.45) is -4.92. The number of hydrogen-bond donors (Lipinski definition) is 1. The van der Waals surface area contributed by atoms with Crippen LogP contribution < -0.4 is 14.8 Å². The Morgan fingerprint density at radius 3 is 2.54 bits per heavy atom. The van der Waals surface area contributed by atoms with Gasteiger partial charge in [-0.05, 0) is 12.5 Å². The molecular formula is C16H22ClF3N2O2. The van der Waals surface area contributed by atoms with Gasteiger partial charge in [0.15, 0.2) is 11.5 Å². The lowest BCUT2D eigenvalue weighted by Crippen LogP contribution is -2.45. The summed E-state index contributed by atoms with van der Waals surface area (Å²) >= 11 is 0. The van der Waals surface area contributed by atoms with Crippen LogP contribution in [0.1, 0.15) is 24.4 Å². The molecule has 0 aliphatic carbocycles. The van der Waals surface area contributed by atoms with Gasteiger partial charge in [-0.25, -0.2) is 0 Å². The van der Waals surface area contributed by atoms with Gasteiger partial charge >= 0.3 is 6.18 Å². The monoisotopic (exact) mass is 366 g/mol. The number of nitrogens with zero attached hydrogens (tertiary/aromatic N) is 1. The second kappa shape index (κ2) is 8.27. The van der Waals surface area contributed by atoms with E-state index in [-0.39, 0.29) is 24.9 Å². The highest BCUT2D eigenvalue weighted by atomic mass is 35.5. The van der Waals surface area contributed by atoms with Crippen LogP contribution in [0.5, 0.6) is 11.5 Å². The number of nitrogens with one attached hydrogen (secondary N) is 1. The number of ether oxygens (including phenoxy) is 2. The van der Waals surface area contributed by atoms with Gasteiger partial charge in [0, 0.05) is 44.2 Å². The summed E-state index contributed by atoms with van der Waals surface area (Å²) in [4.78, 5) is 2.11. The maximum Gasteiger partial charge on any atom is 0.389 e. The van der Waals surface area contributed by atoms with Crippen LogP contribution >= 0.6 is 12.4 Å². The predicted octanol–water partition coefficient (Wildman–Crippen LogP) is 3.17. The molecular weight excluding hydrogens is 345 g/mol.